The summed E-state index contributed by atoms with van der Waals surface area (Å²) in [6.07, 6.45) is -0.130. The van der Waals surface area contributed by atoms with Crippen LogP contribution in [0.4, 0.5) is 0 Å². The summed E-state index contributed by atoms with van der Waals surface area (Å²) in [6, 6.07) is 5.75. The van der Waals surface area contributed by atoms with E-state index in [0.29, 0.717) is 24.8 Å². The molecular formula is C15H20BrNO4. The van der Waals surface area contributed by atoms with Crippen LogP contribution >= 0.6 is 15.9 Å². The Balaban J connectivity index is 2.10. The molecule has 0 aliphatic carbocycles. The third-order valence-electron chi connectivity index (χ3n) is 3.69. The summed E-state index contributed by atoms with van der Waals surface area (Å²) in [6.45, 7) is 4.19. The van der Waals surface area contributed by atoms with Crippen LogP contribution in [0.3, 0.4) is 0 Å². The van der Waals surface area contributed by atoms with E-state index >= 15 is 0 Å². The molecule has 1 heterocycles. The van der Waals surface area contributed by atoms with Gasteiger partial charge in [-0.25, -0.2) is 4.79 Å². The summed E-state index contributed by atoms with van der Waals surface area (Å²) < 4.78 is 11.1. The van der Waals surface area contributed by atoms with E-state index in [0.717, 1.165) is 16.6 Å². The quantitative estimate of drug-likeness (QED) is 0.832. The average molecular weight is 358 g/mol. The number of rotatable bonds is 4. The Bertz CT molecular complexity index is 508. The van der Waals surface area contributed by atoms with Crippen LogP contribution in [0.5, 0.6) is 0 Å². The molecule has 1 aromatic carbocycles. The van der Waals surface area contributed by atoms with Gasteiger partial charge in [-0.3, -0.25) is 4.90 Å². The molecule has 116 valence electrons. The van der Waals surface area contributed by atoms with Crippen molar-refractivity contribution in [1.29, 1.82) is 0 Å². The van der Waals surface area contributed by atoms with Gasteiger partial charge < -0.3 is 14.6 Å². The second-order valence-electron chi connectivity index (χ2n) is 5.21. The predicted octanol–water partition coefficient (Wildman–Crippen LogP) is 1.82. The summed E-state index contributed by atoms with van der Waals surface area (Å²) in [5.74, 6) is -0.345. The number of aliphatic hydroxyl groups excluding tert-OH is 1. The number of esters is 1. The first-order chi connectivity index (χ1) is 10.0. The molecule has 2 rings (SSSR count). The van der Waals surface area contributed by atoms with Gasteiger partial charge in [0.1, 0.15) is 0 Å². The van der Waals surface area contributed by atoms with E-state index in [9.17, 15) is 9.90 Å². The molecule has 6 heteroatoms. The summed E-state index contributed by atoms with van der Waals surface area (Å²) >= 11 is 3.51. The largest absolute Gasteiger partial charge is 0.465 e. The third-order valence-corrected chi connectivity index (χ3v) is 4.42. The van der Waals surface area contributed by atoms with Gasteiger partial charge in [0.15, 0.2) is 0 Å². The van der Waals surface area contributed by atoms with Crippen molar-refractivity contribution in [1.82, 2.24) is 4.90 Å². The molecule has 1 aromatic rings. The van der Waals surface area contributed by atoms with Crippen molar-refractivity contribution in [3.05, 3.63) is 33.8 Å². The van der Waals surface area contributed by atoms with Gasteiger partial charge in [-0.15, -0.1) is 0 Å². The lowest BCUT2D eigenvalue weighted by Gasteiger charge is -2.37. The topological polar surface area (TPSA) is 59.0 Å². The lowest BCUT2D eigenvalue weighted by atomic mass is 10.1. The van der Waals surface area contributed by atoms with Gasteiger partial charge in [0, 0.05) is 23.6 Å². The Kier molecular flexibility index (Phi) is 5.75. The number of morpholine rings is 1. The zero-order valence-electron chi connectivity index (χ0n) is 12.2. The maximum Gasteiger partial charge on any atom is 0.337 e. The highest BCUT2D eigenvalue weighted by atomic mass is 79.9. The van der Waals surface area contributed by atoms with Crippen LogP contribution in [0, 0.1) is 0 Å². The Morgan fingerprint density at radius 1 is 1.57 bits per heavy atom. The maximum absolute atomic E-state index is 11.5. The number of hydrogen-bond acceptors (Lipinski definition) is 5. The molecule has 2 unspecified atom stereocenters. The lowest BCUT2D eigenvalue weighted by molar-refractivity contribution is -0.0806. The number of halogens is 1. The molecule has 1 aliphatic heterocycles. The number of methoxy groups -OCH3 is 1. The number of carbonyl (C=O) groups excluding carboxylic acids is 1. The highest BCUT2D eigenvalue weighted by molar-refractivity contribution is 9.10. The van der Waals surface area contributed by atoms with Crippen LogP contribution in [-0.2, 0) is 16.0 Å². The molecule has 0 aromatic heterocycles. The Morgan fingerprint density at radius 3 is 2.95 bits per heavy atom. The van der Waals surface area contributed by atoms with Crippen LogP contribution in [0.2, 0.25) is 0 Å². The van der Waals surface area contributed by atoms with Crippen LogP contribution < -0.4 is 0 Å². The number of ether oxygens (including phenoxy) is 2. The minimum absolute atomic E-state index is 0.0334. The maximum atomic E-state index is 11.5. The second kappa shape index (κ2) is 7.35. The fraction of sp³-hybridized carbons (Fsp3) is 0.533. The van der Waals surface area contributed by atoms with E-state index in [4.69, 9.17) is 9.47 Å². The first-order valence-electron chi connectivity index (χ1n) is 6.88. The van der Waals surface area contributed by atoms with Gasteiger partial charge in [-0.05, 0) is 24.6 Å². The van der Waals surface area contributed by atoms with E-state index in [1.165, 1.54) is 7.11 Å². The summed E-state index contributed by atoms with van der Waals surface area (Å²) in [4.78, 5) is 13.8. The molecule has 0 saturated carbocycles. The molecule has 1 N–H and O–H groups in total. The number of hydrogen-bond donors (Lipinski definition) is 1. The molecular weight excluding hydrogens is 338 g/mol. The molecule has 1 aliphatic rings. The van der Waals surface area contributed by atoms with Crippen molar-refractivity contribution >= 4 is 21.9 Å². The fourth-order valence-corrected chi connectivity index (χ4v) is 2.85. The molecule has 21 heavy (non-hydrogen) atoms. The van der Waals surface area contributed by atoms with E-state index < -0.39 is 0 Å². The monoisotopic (exact) mass is 357 g/mol. The molecule has 1 saturated heterocycles. The van der Waals surface area contributed by atoms with Crippen LogP contribution in [0.15, 0.2) is 22.7 Å². The van der Waals surface area contributed by atoms with Gasteiger partial charge >= 0.3 is 5.97 Å². The van der Waals surface area contributed by atoms with Gasteiger partial charge in [-0.2, -0.15) is 0 Å². The average Bonchev–Trinajstić information content (AvgIpc) is 2.50. The highest BCUT2D eigenvalue weighted by Gasteiger charge is 2.26. The molecule has 0 bridgehead atoms. The van der Waals surface area contributed by atoms with Gasteiger partial charge in [0.05, 0.1) is 32.0 Å². The minimum Gasteiger partial charge on any atom is -0.465 e. The summed E-state index contributed by atoms with van der Waals surface area (Å²) in [5, 5.41) is 9.23. The standard InChI is InChI=1S/C15H20BrNO4/c1-10-9-21-13(8-18)7-17(10)6-12-4-3-11(5-14(12)16)15(19)20-2/h3-5,10,13,18H,6-9H2,1-2H3. The normalized spacial score (nSPS) is 23.0. The molecule has 2 atom stereocenters. The molecule has 5 nitrogen and oxygen atoms in total. The summed E-state index contributed by atoms with van der Waals surface area (Å²) in [7, 11) is 1.37. The highest BCUT2D eigenvalue weighted by Crippen LogP contribution is 2.23. The number of nitrogens with zero attached hydrogens (tertiary/aromatic N) is 1. The fourth-order valence-electron chi connectivity index (χ4n) is 2.34. The van der Waals surface area contributed by atoms with Crippen LogP contribution in [0.25, 0.3) is 0 Å². The van der Waals surface area contributed by atoms with Crippen molar-refractivity contribution in [2.75, 3.05) is 26.9 Å². The zero-order chi connectivity index (χ0) is 15.4. The van der Waals surface area contributed by atoms with Crippen molar-refractivity contribution in [2.24, 2.45) is 0 Å². The lowest BCUT2D eigenvalue weighted by Crippen LogP contribution is -2.48. The van der Waals surface area contributed by atoms with Crippen LogP contribution in [-0.4, -0.2) is 55.0 Å². The van der Waals surface area contributed by atoms with Crippen molar-refractivity contribution < 1.29 is 19.4 Å². The van der Waals surface area contributed by atoms with Crippen molar-refractivity contribution in [2.45, 2.75) is 25.6 Å². The predicted molar refractivity (Wildman–Crippen MR) is 82.2 cm³/mol. The molecule has 0 radical (unpaired) electrons. The molecule has 1 fully saturated rings. The van der Waals surface area contributed by atoms with E-state index in [-0.39, 0.29) is 18.7 Å². The van der Waals surface area contributed by atoms with E-state index in [2.05, 4.69) is 27.8 Å². The Labute approximate surface area is 133 Å². The smallest absolute Gasteiger partial charge is 0.337 e. The first kappa shape index (κ1) is 16.4. The van der Waals surface area contributed by atoms with Gasteiger partial charge in [-0.1, -0.05) is 22.0 Å². The number of carbonyl (C=O) groups is 1. The van der Waals surface area contributed by atoms with E-state index in [1.807, 2.05) is 6.07 Å². The minimum atomic E-state index is -0.345. The Morgan fingerprint density at radius 2 is 2.33 bits per heavy atom. The molecule has 0 spiro atoms. The Hall–Kier alpha value is -0.950. The SMILES string of the molecule is COC(=O)c1ccc(CN2CC(CO)OCC2C)c(Br)c1. The summed E-state index contributed by atoms with van der Waals surface area (Å²) in [5.41, 5.74) is 1.62. The number of benzene rings is 1. The van der Waals surface area contributed by atoms with Crippen molar-refractivity contribution in [3.63, 3.8) is 0 Å². The molecule has 0 amide bonds. The number of aliphatic hydroxyl groups is 1. The van der Waals surface area contributed by atoms with Crippen LogP contribution in [0.1, 0.15) is 22.8 Å². The van der Waals surface area contributed by atoms with Gasteiger partial charge in [0.2, 0.25) is 0 Å². The van der Waals surface area contributed by atoms with E-state index in [1.54, 1.807) is 12.1 Å². The first-order valence-corrected chi connectivity index (χ1v) is 7.67. The third kappa shape index (κ3) is 4.03. The second-order valence-corrected chi connectivity index (χ2v) is 6.07. The van der Waals surface area contributed by atoms with Gasteiger partial charge in [0.25, 0.3) is 0 Å². The van der Waals surface area contributed by atoms with Crippen molar-refractivity contribution in [3.8, 4) is 0 Å². The zero-order valence-corrected chi connectivity index (χ0v) is 13.8.